The monoisotopic (exact) mass is 1770 g/mol. The summed E-state index contributed by atoms with van der Waals surface area (Å²) in [4.78, 5) is 18.9. The molecule has 0 amide bonds. The van der Waals surface area contributed by atoms with Crippen LogP contribution >= 0.6 is 0 Å². The molecule has 0 radical (unpaired) electrons. The van der Waals surface area contributed by atoms with Crippen molar-refractivity contribution in [3.05, 3.63) is 461 Å². The standard InChI is InChI=1S/C45H25N3.2C43H21N3/c1-25-16-27(23-46)10-13-31(25)37-20-43-39(33-15-12-30(48-3)18-36(33)37)19-38(32-14-11-28(24-47)17-26(32)2)42-21-40-34-8-4-6-29-7-5-9-35(45(29)34)41(40)22-44(42)43;1-45-29-12-4-11-28(18-29)35-20-37-31-16-15-30(46-2)19-36(31)34(27-10-3-7-25(17-27)24-44)21-41(37)42-23-39-33-14-6-9-26-8-5-13-32(43(26)33)38(39)22-40(35)42;1-45-27-17-18-29-33(19-27)34(28-12-4-3-9-26(28)24-44)20-39-35(29)21-36(30-13-5-6-16-42(30)46-2)40-22-37-31-14-7-10-25-11-8-15-32(43(25)31)38(37)23-41(39)40/h4-22H,1-2H3;2*3-23H. The van der Waals surface area contributed by atoms with Crippen molar-refractivity contribution < 1.29 is 0 Å². The van der Waals surface area contributed by atoms with Gasteiger partial charge in [0.25, 0.3) is 0 Å². The van der Waals surface area contributed by atoms with E-state index in [2.05, 4.69) is 262 Å². The number of nitrogens with zero attached hydrogens (tertiary/aromatic N) is 9. The minimum absolute atomic E-state index is 0.547. The fraction of sp³-hybridized carbons (Fsp3) is 0.0153. The van der Waals surface area contributed by atoms with E-state index in [0.29, 0.717) is 50.7 Å². The number of nitriles is 4. The number of hydrogen-bond donors (Lipinski definition) is 0. The van der Waals surface area contributed by atoms with Crippen LogP contribution < -0.4 is 0 Å². The van der Waals surface area contributed by atoms with Crippen molar-refractivity contribution in [3.8, 4) is 158 Å². The average molecular weight is 1770 g/mol. The molecule has 0 fully saturated rings. The third-order valence-corrected chi connectivity index (χ3v) is 28.9. The maximum atomic E-state index is 10.1. The van der Waals surface area contributed by atoms with Crippen LogP contribution in [0.4, 0.5) is 28.4 Å². The van der Waals surface area contributed by atoms with Crippen molar-refractivity contribution in [2.75, 3.05) is 0 Å². The molecule has 0 saturated carbocycles. The summed E-state index contributed by atoms with van der Waals surface area (Å²) in [6.45, 7) is 43.1. The van der Waals surface area contributed by atoms with Gasteiger partial charge in [-0.2, -0.15) is 21.0 Å². The zero-order chi connectivity index (χ0) is 94.6. The second-order valence-corrected chi connectivity index (χ2v) is 36.2. The van der Waals surface area contributed by atoms with Crippen molar-refractivity contribution in [2.24, 2.45) is 0 Å². The molecule has 24 aromatic rings. The van der Waals surface area contributed by atoms with Crippen molar-refractivity contribution in [1.82, 2.24) is 0 Å². The predicted molar refractivity (Wildman–Crippen MR) is 575 cm³/mol. The summed E-state index contributed by atoms with van der Waals surface area (Å²) >= 11 is 0. The molecule has 0 heterocycles. The summed E-state index contributed by atoms with van der Waals surface area (Å²) < 4.78 is 0. The van der Waals surface area contributed by atoms with Gasteiger partial charge in [-0.25, -0.2) is 24.2 Å². The molecule has 0 unspecified atom stereocenters. The highest BCUT2D eigenvalue weighted by molar-refractivity contribution is 6.32. The van der Waals surface area contributed by atoms with Crippen LogP contribution in [0, 0.1) is 92.0 Å². The molecule has 0 aromatic heterocycles. The van der Waals surface area contributed by atoms with Gasteiger partial charge in [-0.3, -0.25) is 0 Å². The van der Waals surface area contributed by atoms with E-state index in [1.165, 1.54) is 99.1 Å². The topological polar surface area (TPSA) is 117 Å². The van der Waals surface area contributed by atoms with Crippen LogP contribution in [0.25, 0.3) is 287 Å². The van der Waals surface area contributed by atoms with Crippen molar-refractivity contribution >= 4 is 158 Å². The molecule has 636 valence electrons. The molecule has 0 bridgehead atoms. The zero-order valence-corrected chi connectivity index (χ0v) is 75.2. The normalized spacial score (nSPS) is 11.4. The third-order valence-electron chi connectivity index (χ3n) is 28.9. The first-order valence-electron chi connectivity index (χ1n) is 46.0. The lowest BCUT2D eigenvalue weighted by molar-refractivity contribution is 1.42. The SMILES string of the molecule is [C-]#[N+]c1ccc2c(c1)c(-c1ccc(C#N)cc1C)cc1c3cc4c(cc3c(-c3ccc(C#N)cc3C)cc21)-c1cccc2cccc-4c12.[C-]#[N+]c1ccc2c(c1)c(-c1ccccc1C#N)cc1c3cc4c(cc3c(-c3ccccc3[N+]#[C-])cc21)-c1cccc2cccc-4c12.[C-]#[N+]c1cccc(-c2cc3c4ccc([N+]#[C-])cc4c(-c4cccc(C#N)c4)cc3c3cc4c(cc23)-c2cccc3cccc-4c23)c1. The van der Waals surface area contributed by atoms with Gasteiger partial charge in [0.05, 0.1) is 79.4 Å². The van der Waals surface area contributed by atoms with Crippen molar-refractivity contribution in [3.63, 3.8) is 0 Å². The summed E-state index contributed by atoms with van der Waals surface area (Å²) in [5, 5.41) is 65.8. The molecule has 0 spiro atoms. The van der Waals surface area contributed by atoms with Crippen molar-refractivity contribution in [2.45, 2.75) is 13.8 Å². The van der Waals surface area contributed by atoms with Gasteiger partial charge >= 0.3 is 0 Å². The van der Waals surface area contributed by atoms with Crippen LogP contribution in [0.1, 0.15) is 33.4 Å². The first-order chi connectivity index (χ1) is 68.8. The number of benzene rings is 24. The van der Waals surface area contributed by atoms with Gasteiger partial charge in [-0.1, -0.05) is 231 Å². The van der Waals surface area contributed by atoms with Crippen molar-refractivity contribution in [1.29, 1.82) is 21.0 Å². The number of para-hydroxylation sites is 1. The fourth-order valence-electron chi connectivity index (χ4n) is 22.7. The predicted octanol–water partition coefficient (Wildman–Crippen LogP) is 36.7. The Balaban J connectivity index is 0.000000111. The van der Waals surface area contributed by atoms with Gasteiger partial charge in [-0.15, -0.1) is 0 Å². The van der Waals surface area contributed by atoms with E-state index >= 15 is 0 Å². The van der Waals surface area contributed by atoms with Gasteiger partial charge < -0.3 is 0 Å². The third kappa shape index (κ3) is 12.6. The van der Waals surface area contributed by atoms with E-state index in [1.807, 2.05) is 171 Å². The summed E-state index contributed by atoms with van der Waals surface area (Å²) in [5.74, 6) is 0. The Morgan fingerprint density at radius 1 is 0.179 bits per heavy atom. The Morgan fingerprint density at radius 3 is 0.850 bits per heavy atom. The average Bonchev–Trinajstić information content (AvgIpc) is 1.52. The summed E-state index contributed by atoms with van der Waals surface area (Å²) in [7, 11) is 0. The lowest BCUT2D eigenvalue weighted by atomic mass is 9.84. The first-order valence-corrected chi connectivity index (χ1v) is 46.0. The molecule has 0 aliphatic heterocycles. The van der Waals surface area contributed by atoms with E-state index in [1.54, 1.807) is 0 Å². The molecule has 0 saturated heterocycles. The van der Waals surface area contributed by atoms with E-state index in [0.717, 1.165) is 175 Å². The zero-order valence-electron chi connectivity index (χ0n) is 75.2. The highest BCUT2D eigenvalue weighted by Gasteiger charge is 2.31. The molecule has 3 aliphatic carbocycles. The molecule has 0 atom stereocenters. The van der Waals surface area contributed by atoms with E-state index in [-0.39, 0.29) is 0 Å². The molecule has 9 heteroatoms. The Hall–Kier alpha value is -20.2. The highest BCUT2D eigenvalue weighted by Crippen LogP contribution is 2.58. The Kier molecular flexibility index (Phi) is 18.7. The van der Waals surface area contributed by atoms with E-state index < -0.39 is 0 Å². The smallest absolute Gasteiger partial charge is 0.194 e. The summed E-state index contributed by atoms with van der Waals surface area (Å²) in [5.41, 5.74) is 34.0. The summed E-state index contributed by atoms with van der Waals surface area (Å²) in [6.07, 6.45) is 0. The first kappa shape index (κ1) is 81.8. The van der Waals surface area contributed by atoms with Crippen LogP contribution in [0.15, 0.2) is 370 Å². The number of hydrogen-bond acceptors (Lipinski definition) is 4. The Labute approximate surface area is 805 Å². The maximum absolute atomic E-state index is 10.1. The number of aryl methyl sites for hydroxylation is 2. The number of rotatable bonds is 6. The maximum Gasteiger partial charge on any atom is 0.194 e. The second-order valence-electron chi connectivity index (χ2n) is 36.2. The summed E-state index contributed by atoms with van der Waals surface area (Å²) in [6, 6.07) is 136. The molecule has 24 aromatic carbocycles. The lowest BCUT2D eigenvalue weighted by Crippen LogP contribution is -1.93. The molecule has 27 rings (SSSR count). The Bertz CT molecular complexity index is 10300. The van der Waals surface area contributed by atoms with Crippen LogP contribution in [0.3, 0.4) is 0 Å². The minimum atomic E-state index is 0.547. The van der Waals surface area contributed by atoms with Gasteiger partial charge in [-0.05, 0) is 422 Å². The van der Waals surface area contributed by atoms with Gasteiger partial charge in [0.1, 0.15) is 0 Å². The molecule has 3 aliphatic rings. The molecular formula is C131H67N9. The fourth-order valence-corrected chi connectivity index (χ4v) is 22.7. The van der Waals surface area contributed by atoms with Gasteiger partial charge in [0.2, 0.25) is 0 Å². The van der Waals surface area contributed by atoms with E-state index in [4.69, 9.17) is 32.9 Å². The van der Waals surface area contributed by atoms with E-state index in [9.17, 15) is 21.0 Å². The molecule has 0 N–H and O–H groups in total. The van der Waals surface area contributed by atoms with Gasteiger partial charge in [0, 0.05) is 5.56 Å². The van der Waals surface area contributed by atoms with Crippen LogP contribution in [0.5, 0.6) is 0 Å². The van der Waals surface area contributed by atoms with Crippen LogP contribution in [-0.4, -0.2) is 0 Å². The Morgan fingerprint density at radius 2 is 0.464 bits per heavy atom. The lowest BCUT2D eigenvalue weighted by Gasteiger charge is -2.19. The highest BCUT2D eigenvalue weighted by atomic mass is 14.7. The minimum Gasteiger partial charge on any atom is -0.238 e. The quantitative estimate of drug-likeness (QED) is 0.122. The largest absolute Gasteiger partial charge is 0.238 e. The van der Waals surface area contributed by atoms with Gasteiger partial charge in [0.15, 0.2) is 28.4 Å². The number of fused-ring (bicyclic) bond motifs is 24. The molecule has 140 heavy (non-hydrogen) atoms. The second kappa shape index (κ2) is 32.1. The van der Waals surface area contributed by atoms with Crippen LogP contribution in [0.2, 0.25) is 0 Å². The molecule has 9 nitrogen and oxygen atoms in total. The van der Waals surface area contributed by atoms with Crippen LogP contribution in [-0.2, 0) is 0 Å². The molecular weight excluding hydrogens is 1700 g/mol.